The highest BCUT2D eigenvalue weighted by Gasteiger charge is 2.45. The van der Waals surface area contributed by atoms with Crippen LogP contribution in [0.2, 0.25) is 0 Å². The van der Waals surface area contributed by atoms with Gasteiger partial charge in [-0.25, -0.2) is 9.59 Å². The van der Waals surface area contributed by atoms with E-state index < -0.39 is 56.8 Å². The first-order chi connectivity index (χ1) is 14.9. The second-order valence-electron chi connectivity index (χ2n) is 7.62. The van der Waals surface area contributed by atoms with Crippen molar-refractivity contribution in [3.05, 3.63) is 74.3 Å². The van der Waals surface area contributed by atoms with Crippen LogP contribution in [0.3, 0.4) is 0 Å². The molecule has 0 aliphatic heterocycles. The van der Waals surface area contributed by atoms with Crippen molar-refractivity contribution in [2.75, 3.05) is 6.54 Å². The lowest BCUT2D eigenvalue weighted by molar-refractivity contribution is -0.395. The van der Waals surface area contributed by atoms with Crippen molar-refractivity contribution < 1.29 is 34.0 Å². The van der Waals surface area contributed by atoms with Gasteiger partial charge in [-0.15, -0.1) is 0 Å². The molecule has 12 nitrogen and oxygen atoms in total. The van der Waals surface area contributed by atoms with E-state index in [2.05, 4.69) is 5.32 Å². The normalized spacial score (nSPS) is 12.8. The third kappa shape index (κ3) is 5.68. The van der Waals surface area contributed by atoms with Crippen LogP contribution in [-0.2, 0) is 15.1 Å². The van der Waals surface area contributed by atoms with E-state index in [1.54, 1.807) is 26.8 Å². The molecule has 0 radical (unpaired) electrons. The van der Waals surface area contributed by atoms with Crippen LogP contribution in [-0.4, -0.2) is 39.2 Å². The molecule has 1 atom stereocenters. The van der Waals surface area contributed by atoms with Crippen LogP contribution in [0.5, 0.6) is 5.75 Å². The van der Waals surface area contributed by atoms with Gasteiger partial charge in [0, 0.05) is 11.6 Å². The van der Waals surface area contributed by atoms with Gasteiger partial charge in [0.15, 0.2) is 5.75 Å². The fourth-order valence-corrected chi connectivity index (χ4v) is 2.69. The molecule has 2 aromatic rings. The van der Waals surface area contributed by atoms with E-state index in [9.17, 15) is 34.9 Å². The number of non-ortho nitro benzene ring substituents is 1. The fraction of sp³-hybridized carbons (Fsp3) is 0.300. The Morgan fingerprint density at radius 2 is 1.66 bits per heavy atom. The molecule has 0 bridgehead atoms. The molecule has 0 saturated carbocycles. The first kappa shape index (κ1) is 24.1. The lowest BCUT2D eigenvalue weighted by Crippen LogP contribution is -2.51. The summed E-state index contributed by atoms with van der Waals surface area (Å²) >= 11 is 0. The minimum Gasteiger partial charge on any atom is -0.478 e. The maximum atomic E-state index is 12.4. The highest BCUT2D eigenvalue weighted by atomic mass is 16.6. The Kier molecular flexibility index (Phi) is 6.98. The molecule has 32 heavy (non-hydrogen) atoms. The number of benzene rings is 2. The zero-order valence-corrected chi connectivity index (χ0v) is 17.4. The zero-order valence-electron chi connectivity index (χ0n) is 17.4. The molecule has 0 aliphatic rings. The van der Waals surface area contributed by atoms with Gasteiger partial charge < -0.3 is 19.9 Å². The molecule has 12 heteroatoms. The topological polar surface area (TPSA) is 171 Å². The summed E-state index contributed by atoms with van der Waals surface area (Å²) in [6.45, 7) is 4.19. The minimum atomic E-state index is -2.31. The fourth-order valence-electron chi connectivity index (χ4n) is 2.69. The summed E-state index contributed by atoms with van der Waals surface area (Å²) in [6.07, 6.45) is -0.930. The van der Waals surface area contributed by atoms with Gasteiger partial charge in [0.2, 0.25) is 5.60 Å². The second-order valence-corrected chi connectivity index (χ2v) is 7.62. The van der Waals surface area contributed by atoms with Crippen LogP contribution in [0.15, 0.2) is 48.5 Å². The van der Waals surface area contributed by atoms with Gasteiger partial charge in [0.25, 0.3) is 5.69 Å². The standard InChI is InChI=1S/C20H21N3O9/c1-19(2,3)32-18(26)21-12-20(17(24)25,13-7-5-4-6-8-13)31-16-10-9-14(22(27)28)11-15(16)23(29)30/h4-11H,12H2,1-3H3,(H,21,26)(H,24,25). The number of amides is 1. The molecule has 2 aromatic carbocycles. The molecule has 2 rings (SSSR count). The van der Waals surface area contributed by atoms with Crippen molar-refractivity contribution >= 4 is 23.4 Å². The van der Waals surface area contributed by atoms with Crippen LogP contribution in [0.25, 0.3) is 0 Å². The van der Waals surface area contributed by atoms with E-state index in [1.807, 2.05) is 0 Å². The summed E-state index contributed by atoms with van der Waals surface area (Å²) in [4.78, 5) is 45.2. The average Bonchev–Trinajstić information content (AvgIpc) is 2.70. The first-order valence-electron chi connectivity index (χ1n) is 9.23. The Balaban J connectivity index is 2.54. The van der Waals surface area contributed by atoms with Crippen molar-refractivity contribution in [1.29, 1.82) is 0 Å². The SMILES string of the molecule is CC(C)(C)OC(=O)NCC(Oc1ccc([N+](=O)[O-])cc1[N+](=O)[O-])(C(=O)O)c1ccccc1. The third-order valence-corrected chi connectivity index (χ3v) is 4.10. The molecule has 1 unspecified atom stereocenters. The molecule has 0 heterocycles. The summed E-state index contributed by atoms with van der Waals surface area (Å²) < 4.78 is 10.7. The lowest BCUT2D eigenvalue weighted by Gasteiger charge is -2.31. The Hall–Kier alpha value is -4.22. The maximum absolute atomic E-state index is 12.4. The van der Waals surface area contributed by atoms with Gasteiger partial charge in [0.05, 0.1) is 22.5 Å². The van der Waals surface area contributed by atoms with E-state index in [1.165, 1.54) is 24.3 Å². The van der Waals surface area contributed by atoms with Gasteiger partial charge in [-0.2, -0.15) is 0 Å². The van der Waals surface area contributed by atoms with Crippen LogP contribution in [0.1, 0.15) is 26.3 Å². The summed E-state index contributed by atoms with van der Waals surface area (Å²) in [5.74, 6) is -2.09. The maximum Gasteiger partial charge on any atom is 0.407 e. The van der Waals surface area contributed by atoms with E-state index in [-0.39, 0.29) is 5.56 Å². The Morgan fingerprint density at radius 3 is 2.16 bits per heavy atom. The number of nitrogens with one attached hydrogen (secondary N) is 1. The minimum absolute atomic E-state index is 0.0659. The summed E-state index contributed by atoms with van der Waals surface area (Å²) in [7, 11) is 0. The molecule has 1 amide bonds. The number of carbonyl (C=O) groups is 2. The van der Waals surface area contributed by atoms with Crippen molar-refractivity contribution in [3.63, 3.8) is 0 Å². The second kappa shape index (κ2) is 9.29. The number of hydrogen-bond donors (Lipinski definition) is 2. The number of ether oxygens (including phenoxy) is 2. The molecule has 170 valence electrons. The molecule has 0 saturated heterocycles. The number of rotatable bonds is 8. The highest BCUT2D eigenvalue weighted by molar-refractivity contribution is 5.82. The van der Waals surface area contributed by atoms with Crippen LogP contribution in [0.4, 0.5) is 16.2 Å². The number of alkyl carbamates (subject to hydrolysis) is 1. The van der Waals surface area contributed by atoms with Crippen molar-refractivity contribution in [3.8, 4) is 5.75 Å². The van der Waals surface area contributed by atoms with Crippen LogP contribution in [0, 0.1) is 20.2 Å². The van der Waals surface area contributed by atoms with Crippen molar-refractivity contribution in [2.45, 2.75) is 32.0 Å². The molecule has 0 aliphatic carbocycles. The number of nitro groups is 2. The highest BCUT2D eigenvalue weighted by Crippen LogP contribution is 2.37. The van der Waals surface area contributed by atoms with Gasteiger partial charge >= 0.3 is 17.7 Å². The first-order valence-corrected chi connectivity index (χ1v) is 9.23. The predicted molar refractivity (Wildman–Crippen MR) is 110 cm³/mol. The number of nitro benzene ring substituents is 2. The monoisotopic (exact) mass is 447 g/mol. The molecular formula is C20H21N3O9. The molecule has 0 fully saturated rings. The Labute approximate surface area is 182 Å². The smallest absolute Gasteiger partial charge is 0.407 e. The molecule has 0 spiro atoms. The number of aliphatic carboxylic acids is 1. The largest absolute Gasteiger partial charge is 0.478 e. The molecular weight excluding hydrogens is 426 g/mol. The molecule has 0 aromatic heterocycles. The van der Waals surface area contributed by atoms with E-state index >= 15 is 0 Å². The van der Waals surface area contributed by atoms with Crippen molar-refractivity contribution in [1.82, 2.24) is 5.32 Å². The average molecular weight is 447 g/mol. The number of nitrogens with zero attached hydrogens (tertiary/aromatic N) is 2. The summed E-state index contributed by atoms with van der Waals surface area (Å²) in [5.41, 5.74) is -4.48. The van der Waals surface area contributed by atoms with Crippen LogP contribution < -0.4 is 10.1 Å². The molecule has 2 N–H and O–H groups in total. The van der Waals surface area contributed by atoms with Gasteiger partial charge in [-0.3, -0.25) is 20.2 Å². The summed E-state index contributed by atoms with van der Waals surface area (Å²) in [6, 6.07) is 10.0. The van der Waals surface area contributed by atoms with Crippen molar-refractivity contribution in [2.24, 2.45) is 0 Å². The number of carboxylic acids is 1. The Bertz CT molecular complexity index is 1030. The quantitative estimate of drug-likeness (QED) is 0.454. The number of carboxylic acid groups (broad SMARTS) is 1. The zero-order chi connectivity index (χ0) is 24.1. The summed E-state index contributed by atoms with van der Waals surface area (Å²) in [5, 5.41) is 34.8. The van der Waals surface area contributed by atoms with E-state index in [0.29, 0.717) is 6.07 Å². The predicted octanol–water partition coefficient (Wildman–Crippen LogP) is 3.39. The number of hydrogen-bond acceptors (Lipinski definition) is 8. The van der Waals surface area contributed by atoms with Gasteiger partial charge in [-0.05, 0) is 26.8 Å². The van der Waals surface area contributed by atoms with E-state index in [4.69, 9.17) is 9.47 Å². The van der Waals surface area contributed by atoms with Gasteiger partial charge in [0.1, 0.15) is 5.60 Å². The van der Waals surface area contributed by atoms with Gasteiger partial charge in [-0.1, -0.05) is 30.3 Å². The third-order valence-electron chi connectivity index (χ3n) is 4.10. The number of carbonyl (C=O) groups excluding carboxylic acids is 1. The Morgan fingerprint density at radius 1 is 1.03 bits per heavy atom. The lowest BCUT2D eigenvalue weighted by atomic mass is 9.93. The van der Waals surface area contributed by atoms with E-state index in [0.717, 1.165) is 12.1 Å². The van der Waals surface area contributed by atoms with Crippen LogP contribution >= 0.6 is 0 Å².